The minimum absolute atomic E-state index is 0.0142. The van der Waals surface area contributed by atoms with Gasteiger partial charge in [0.05, 0.1) is 26.7 Å². The molecule has 7 nitrogen and oxygen atoms in total. The number of piperazine rings is 1. The van der Waals surface area contributed by atoms with Gasteiger partial charge in [0.25, 0.3) is 5.91 Å². The van der Waals surface area contributed by atoms with Crippen molar-refractivity contribution in [1.82, 2.24) is 9.80 Å². The molecule has 0 radical (unpaired) electrons. The molecule has 2 heterocycles. The van der Waals surface area contributed by atoms with Gasteiger partial charge in [-0.15, -0.1) is 0 Å². The second kappa shape index (κ2) is 8.31. The van der Waals surface area contributed by atoms with Crippen LogP contribution in [0.25, 0.3) is 0 Å². The van der Waals surface area contributed by atoms with Crippen LogP contribution in [0.3, 0.4) is 0 Å². The number of nitrogens with two attached hydrogens (primary N) is 1. The third-order valence-corrected chi connectivity index (χ3v) is 5.23. The van der Waals surface area contributed by atoms with Gasteiger partial charge in [-0.05, 0) is 12.1 Å². The summed E-state index contributed by atoms with van der Waals surface area (Å²) in [5.74, 6) is -0.617. The quantitative estimate of drug-likeness (QED) is 0.736. The smallest absolute Gasteiger partial charge is 0.330 e. The predicted octanol–water partition coefficient (Wildman–Crippen LogP) is -0.514. The summed E-state index contributed by atoms with van der Waals surface area (Å²) in [5.41, 5.74) is 0.582. The zero-order valence-electron chi connectivity index (χ0n) is 15.1. The molecule has 2 aliphatic rings. The lowest BCUT2D eigenvalue weighted by molar-refractivity contribution is -0.664. The van der Waals surface area contributed by atoms with Crippen LogP contribution in [0.15, 0.2) is 30.3 Å². The summed E-state index contributed by atoms with van der Waals surface area (Å²) in [7, 11) is 1.32. The zero-order valence-corrected chi connectivity index (χ0v) is 15.1. The Morgan fingerprint density at radius 1 is 1.08 bits per heavy atom. The second-order valence-corrected chi connectivity index (χ2v) is 6.83. The van der Waals surface area contributed by atoms with Gasteiger partial charge in [0.2, 0.25) is 5.91 Å². The molecule has 2 N–H and O–H groups in total. The van der Waals surface area contributed by atoms with Gasteiger partial charge in [-0.25, -0.2) is 4.79 Å². The van der Waals surface area contributed by atoms with E-state index in [9.17, 15) is 14.4 Å². The standard InChI is InChI=1S/C19H25N3O4/c1-26-19(25)16-13-21(17(23)14-5-3-2-4-6-14)11-12-22(16)18(24)15-7-9-20-10-8-15/h2-6,15-16,20H,7-13H2,1H3/p+1/t16-/m0/s1. The number of ether oxygens (including phenoxy) is 1. The van der Waals surface area contributed by atoms with Crippen molar-refractivity contribution in [2.75, 3.05) is 39.8 Å². The first-order valence-corrected chi connectivity index (χ1v) is 9.16. The van der Waals surface area contributed by atoms with Gasteiger partial charge in [0.1, 0.15) is 6.04 Å². The van der Waals surface area contributed by atoms with Gasteiger partial charge in [-0.2, -0.15) is 0 Å². The highest BCUT2D eigenvalue weighted by Crippen LogP contribution is 2.20. The Kier molecular flexibility index (Phi) is 5.88. The Morgan fingerprint density at radius 3 is 2.42 bits per heavy atom. The number of nitrogens with zero attached hydrogens (tertiary/aromatic N) is 2. The summed E-state index contributed by atoms with van der Waals surface area (Å²) in [4.78, 5) is 41.2. The van der Waals surface area contributed by atoms with Crippen LogP contribution >= 0.6 is 0 Å². The van der Waals surface area contributed by atoms with Gasteiger partial charge in [0.15, 0.2) is 0 Å². The number of hydrogen-bond donors (Lipinski definition) is 1. The number of esters is 1. The first-order chi connectivity index (χ1) is 12.6. The van der Waals surface area contributed by atoms with Gasteiger partial charge < -0.3 is 19.9 Å². The van der Waals surface area contributed by atoms with E-state index in [2.05, 4.69) is 5.32 Å². The molecule has 0 aliphatic carbocycles. The maximum absolute atomic E-state index is 12.9. The highest BCUT2D eigenvalue weighted by molar-refractivity contribution is 5.95. The van der Waals surface area contributed by atoms with E-state index < -0.39 is 12.0 Å². The second-order valence-electron chi connectivity index (χ2n) is 6.83. The Morgan fingerprint density at radius 2 is 1.77 bits per heavy atom. The van der Waals surface area contributed by atoms with E-state index in [1.807, 2.05) is 18.2 Å². The van der Waals surface area contributed by atoms with Gasteiger partial charge in [0, 0.05) is 37.4 Å². The lowest BCUT2D eigenvalue weighted by Gasteiger charge is -2.41. The normalized spacial score (nSPS) is 21.3. The number of benzene rings is 1. The first kappa shape index (κ1) is 18.4. The van der Waals surface area contributed by atoms with Crippen molar-refractivity contribution in [1.29, 1.82) is 0 Å². The van der Waals surface area contributed by atoms with Crippen LogP contribution in [-0.2, 0) is 14.3 Å². The van der Waals surface area contributed by atoms with Crippen LogP contribution in [0.1, 0.15) is 23.2 Å². The van der Waals surface area contributed by atoms with Crippen LogP contribution in [0, 0.1) is 5.92 Å². The fourth-order valence-electron chi connectivity index (χ4n) is 3.74. The molecule has 1 aromatic carbocycles. The van der Waals surface area contributed by atoms with E-state index in [4.69, 9.17) is 4.74 Å². The van der Waals surface area contributed by atoms with Crippen LogP contribution in [0.5, 0.6) is 0 Å². The Labute approximate surface area is 153 Å². The molecule has 2 amide bonds. The highest BCUT2D eigenvalue weighted by Gasteiger charge is 2.40. The summed E-state index contributed by atoms with van der Waals surface area (Å²) in [6.45, 7) is 2.83. The van der Waals surface area contributed by atoms with E-state index in [1.54, 1.807) is 21.9 Å². The molecule has 0 saturated carbocycles. The Balaban J connectivity index is 1.74. The number of rotatable bonds is 3. The monoisotopic (exact) mass is 360 g/mol. The molecule has 7 heteroatoms. The lowest BCUT2D eigenvalue weighted by atomic mass is 9.95. The number of hydrogen-bond acceptors (Lipinski definition) is 4. The predicted molar refractivity (Wildman–Crippen MR) is 94.2 cm³/mol. The largest absolute Gasteiger partial charge is 0.467 e. The molecule has 0 spiro atoms. The number of carbonyl (C=O) groups excluding carboxylic acids is 3. The first-order valence-electron chi connectivity index (χ1n) is 9.16. The molecular weight excluding hydrogens is 334 g/mol. The van der Waals surface area contributed by atoms with Crippen LogP contribution in [0.2, 0.25) is 0 Å². The van der Waals surface area contributed by atoms with E-state index in [0.29, 0.717) is 18.7 Å². The average molecular weight is 360 g/mol. The summed E-state index contributed by atoms with van der Waals surface area (Å²) in [6, 6.07) is 8.25. The number of quaternary nitrogens is 1. The highest BCUT2D eigenvalue weighted by atomic mass is 16.5. The van der Waals surface area contributed by atoms with E-state index in [0.717, 1.165) is 25.9 Å². The molecule has 2 fully saturated rings. The molecule has 3 rings (SSSR count). The van der Waals surface area contributed by atoms with Crippen LogP contribution in [-0.4, -0.2) is 73.5 Å². The minimum atomic E-state index is -0.736. The summed E-state index contributed by atoms with van der Waals surface area (Å²) >= 11 is 0. The minimum Gasteiger partial charge on any atom is -0.467 e. The molecule has 2 aliphatic heterocycles. The molecule has 1 aromatic rings. The summed E-state index contributed by atoms with van der Waals surface area (Å²) in [5, 5.41) is 2.21. The van der Waals surface area contributed by atoms with Crippen molar-refractivity contribution >= 4 is 17.8 Å². The molecule has 0 bridgehead atoms. The van der Waals surface area contributed by atoms with Gasteiger partial charge in [-0.3, -0.25) is 9.59 Å². The fourth-order valence-corrected chi connectivity index (χ4v) is 3.74. The number of carbonyl (C=O) groups is 3. The van der Waals surface area contributed by atoms with Crippen molar-refractivity contribution in [2.24, 2.45) is 5.92 Å². The third kappa shape index (κ3) is 3.88. The Bertz CT molecular complexity index is 658. The van der Waals surface area contributed by atoms with Crippen molar-refractivity contribution in [3.63, 3.8) is 0 Å². The van der Waals surface area contributed by atoms with E-state index >= 15 is 0 Å². The molecule has 1 atom stereocenters. The van der Waals surface area contributed by atoms with Crippen molar-refractivity contribution in [3.05, 3.63) is 35.9 Å². The molecule has 0 unspecified atom stereocenters. The molecule has 2 saturated heterocycles. The molecular formula is C19H26N3O4+. The van der Waals surface area contributed by atoms with Crippen LogP contribution in [0.4, 0.5) is 0 Å². The van der Waals surface area contributed by atoms with Crippen molar-refractivity contribution in [2.45, 2.75) is 18.9 Å². The van der Waals surface area contributed by atoms with Gasteiger partial charge in [-0.1, -0.05) is 18.2 Å². The fraction of sp³-hybridized carbons (Fsp3) is 0.526. The van der Waals surface area contributed by atoms with E-state index in [1.165, 1.54) is 7.11 Å². The summed E-state index contributed by atoms with van der Waals surface area (Å²) in [6.07, 6.45) is 1.66. The average Bonchev–Trinajstić information content (AvgIpc) is 2.73. The zero-order chi connectivity index (χ0) is 18.5. The summed E-state index contributed by atoms with van der Waals surface area (Å²) < 4.78 is 4.91. The van der Waals surface area contributed by atoms with Crippen LogP contribution < -0.4 is 5.32 Å². The van der Waals surface area contributed by atoms with Crippen molar-refractivity contribution < 1.29 is 24.4 Å². The maximum Gasteiger partial charge on any atom is 0.330 e. The topological polar surface area (TPSA) is 83.5 Å². The lowest BCUT2D eigenvalue weighted by Crippen LogP contribution is -2.86. The third-order valence-electron chi connectivity index (χ3n) is 5.23. The maximum atomic E-state index is 12.9. The SMILES string of the molecule is COC(=O)[C@@H]1CN(C(=O)c2ccccc2)CCN1C(=O)C1CC[NH2+]CC1. The molecule has 140 valence electrons. The molecule has 26 heavy (non-hydrogen) atoms. The van der Waals surface area contributed by atoms with Gasteiger partial charge >= 0.3 is 5.97 Å². The molecule has 0 aromatic heterocycles. The number of piperidine rings is 1. The van der Waals surface area contributed by atoms with E-state index in [-0.39, 0.29) is 24.3 Å². The number of amides is 2. The van der Waals surface area contributed by atoms with Crippen molar-refractivity contribution in [3.8, 4) is 0 Å². The Hall–Kier alpha value is -2.41. The number of methoxy groups -OCH3 is 1.